The molecule has 2 aromatic rings. The van der Waals surface area contributed by atoms with E-state index >= 15 is 0 Å². The lowest BCUT2D eigenvalue weighted by Gasteiger charge is -2.06. The second-order valence-corrected chi connectivity index (χ2v) is 6.92. The van der Waals surface area contributed by atoms with E-state index in [1.807, 2.05) is 30.3 Å². The fourth-order valence-electron chi connectivity index (χ4n) is 1.89. The number of sulfone groups is 1. The zero-order valence-electron chi connectivity index (χ0n) is 11.7. The van der Waals surface area contributed by atoms with Crippen molar-refractivity contribution < 1.29 is 13.2 Å². The fourth-order valence-corrected chi connectivity index (χ4v) is 2.78. The molecule has 0 unspecified atom stereocenters. The second kappa shape index (κ2) is 6.54. The van der Waals surface area contributed by atoms with E-state index in [0.717, 1.165) is 11.3 Å². The molecule has 0 saturated heterocycles. The van der Waals surface area contributed by atoms with Crippen LogP contribution in [-0.2, 0) is 21.1 Å². The van der Waals surface area contributed by atoms with E-state index in [1.54, 1.807) is 31.2 Å². The Bertz CT molecular complexity index is 707. The van der Waals surface area contributed by atoms with Crippen LogP contribution in [0, 0.1) is 0 Å². The van der Waals surface area contributed by atoms with Crippen molar-refractivity contribution in [3.8, 4) is 0 Å². The molecule has 5 heteroatoms. The van der Waals surface area contributed by atoms with Gasteiger partial charge in [-0.2, -0.15) is 0 Å². The number of carbonyl (C=O) groups is 1. The smallest absolute Gasteiger partial charge is 0.228 e. The van der Waals surface area contributed by atoms with Gasteiger partial charge in [0.1, 0.15) is 0 Å². The number of anilines is 1. The number of carbonyl (C=O) groups excluding carboxylic acids is 1. The third kappa shape index (κ3) is 4.16. The standard InChI is InChI=1S/C16H17NO3S/c1-2-21(19,20)15-10-8-13(9-11-15)12-16(18)17-14-6-4-3-5-7-14/h3-11H,2,12H2,1H3,(H,17,18). The lowest BCUT2D eigenvalue weighted by atomic mass is 10.1. The van der Waals surface area contributed by atoms with Gasteiger partial charge < -0.3 is 5.32 Å². The van der Waals surface area contributed by atoms with Crippen molar-refractivity contribution in [1.29, 1.82) is 0 Å². The van der Waals surface area contributed by atoms with Crippen LogP contribution < -0.4 is 5.32 Å². The monoisotopic (exact) mass is 303 g/mol. The molecule has 1 amide bonds. The summed E-state index contributed by atoms with van der Waals surface area (Å²) in [4.78, 5) is 12.2. The van der Waals surface area contributed by atoms with Crippen LogP contribution in [0.25, 0.3) is 0 Å². The summed E-state index contributed by atoms with van der Waals surface area (Å²) in [6.45, 7) is 1.61. The van der Waals surface area contributed by atoms with Crippen molar-refractivity contribution in [2.24, 2.45) is 0 Å². The summed E-state index contributed by atoms with van der Waals surface area (Å²) in [7, 11) is -3.19. The minimum atomic E-state index is -3.19. The number of para-hydroxylation sites is 1. The highest BCUT2D eigenvalue weighted by atomic mass is 32.2. The van der Waals surface area contributed by atoms with E-state index < -0.39 is 9.84 Å². The Hall–Kier alpha value is -2.14. The molecule has 0 fully saturated rings. The third-order valence-corrected chi connectivity index (χ3v) is 4.84. The number of rotatable bonds is 5. The minimum absolute atomic E-state index is 0.0703. The molecule has 0 bridgehead atoms. The predicted molar refractivity (Wildman–Crippen MR) is 82.9 cm³/mol. The van der Waals surface area contributed by atoms with Crippen LogP contribution in [0.2, 0.25) is 0 Å². The van der Waals surface area contributed by atoms with Gasteiger partial charge in [-0.3, -0.25) is 4.79 Å². The molecule has 0 aliphatic carbocycles. The number of nitrogens with one attached hydrogen (secondary N) is 1. The molecule has 0 heterocycles. The molecule has 21 heavy (non-hydrogen) atoms. The third-order valence-electron chi connectivity index (χ3n) is 3.08. The first-order chi connectivity index (χ1) is 10.0. The Morgan fingerprint density at radius 2 is 1.62 bits per heavy atom. The molecule has 1 N–H and O–H groups in total. The molecule has 4 nitrogen and oxygen atoms in total. The van der Waals surface area contributed by atoms with Crippen molar-refractivity contribution in [1.82, 2.24) is 0 Å². The van der Waals surface area contributed by atoms with E-state index in [-0.39, 0.29) is 23.0 Å². The van der Waals surface area contributed by atoms with Crippen molar-refractivity contribution in [3.05, 3.63) is 60.2 Å². The van der Waals surface area contributed by atoms with Crippen molar-refractivity contribution >= 4 is 21.4 Å². The maximum Gasteiger partial charge on any atom is 0.228 e. The van der Waals surface area contributed by atoms with Gasteiger partial charge in [-0.05, 0) is 29.8 Å². The van der Waals surface area contributed by atoms with Gasteiger partial charge in [-0.25, -0.2) is 8.42 Å². The number of hydrogen-bond acceptors (Lipinski definition) is 3. The predicted octanol–water partition coefficient (Wildman–Crippen LogP) is 2.66. The van der Waals surface area contributed by atoms with Crippen molar-refractivity contribution in [2.75, 3.05) is 11.1 Å². The molecular weight excluding hydrogens is 286 g/mol. The van der Waals surface area contributed by atoms with Gasteiger partial charge in [-0.1, -0.05) is 37.3 Å². The van der Waals surface area contributed by atoms with Crippen LogP contribution in [0.15, 0.2) is 59.5 Å². The van der Waals surface area contributed by atoms with Gasteiger partial charge in [0.15, 0.2) is 9.84 Å². The SMILES string of the molecule is CCS(=O)(=O)c1ccc(CC(=O)Nc2ccccc2)cc1. The Balaban J connectivity index is 2.02. The quantitative estimate of drug-likeness (QED) is 0.923. The molecule has 2 aromatic carbocycles. The van der Waals surface area contributed by atoms with E-state index in [0.29, 0.717) is 0 Å². The van der Waals surface area contributed by atoms with Gasteiger partial charge in [0, 0.05) is 5.69 Å². The Kier molecular flexibility index (Phi) is 4.75. The average molecular weight is 303 g/mol. The normalized spacial score (nSPS) is 11.1. The summed E-state index contributed by atoms with van der Waals surface area (Å²) in [5.41, 5.74) is 1.52. The van der Waals surface area contributed by atoms with Gasteiger partial charge in [0.2, 0.25) is 5.91 Å². The maximum atomic E-state index is 11.9. The first-order valence-electron chi connectivity index (χ1n) is 6.68. The van der Waals surface area contributed by atoms with Crippen molar-refractivity contribution in [2.45, 2.75) is 18.2 Å². The molecule has 110 valence electrons. The van der Waals surface area contributed by atoms with Crippen LogP contribution >= 0.6 is 0 Å². The van der Waals surface area contributed by atoms with Gasteiger partial charge in [0.05, 0.1) is 17.1 Å². The molecule has 2 rings (SSSR count). The summed E-state index contributed by atoms with van der Waals surface area (Å²) in [5.74, 6) is -0.0619. The van der Waals surface area contributed by atoms with Gasteiger partial charge in [0.25, 0.3) is 0 Å². The Labute approximate surface area is 124 Å². The summed E-state index contributed by atoms with van der Waals surface area (Å²) in [5, 5.41) is 2.79. The topological polar surface area (TPSA) is 63.2 Å². The molecule has 0 aromatic heterocycles. The molecular formula is C16H17NO3S. The largest absolute Gasteiger partial charge is 0.326 e. The lowest BCUT2D eigenvalue weighted by Crippen LogP contribution is -2.14. The van der Waals surface area contributed by atoms with Gasteiger partial charge >= 0.3 is 0 Å². The van der Waals surface area contributed by atoms with E-state index in [4.69, 9.17) is 0 Å². The zero-order chi connectivity index (χ0) is 15.3. The molecule has 0 saturated carbocycles. The molecule has 0 radical (unpaired) electrons. The summed E-state index contributed by atoms with van der Waals surface area (Å²) in [6.07, 6.45) is 0.210. The second-order valence-electron chi connectivity index (χ2n) is 4.64. The van der Waals surface area contributed by atoms with Gasteiger partial charge in [-0.15, -0.1) is 0 Å². The van der Waals surface area contributed by atoms with E-state index in [2.05, 4.69) is 5.32 Å². The molecule has 0 aliphatic heterocycles. The highest BCUT2D eigenvalue weighted by molar-refractivity contribution is 7.91. The summed E-state index contributed by atoms with van der Waals surface area (Å²) in [6, 6.07) is 15.6. The highest BCUT2D eigenvalue weighted by Crippen LogP contribution is 2.13. The molecule has 0 aliphatic rings. The minimum Gasteiger partial charge on any atom is -0.326 e. The van der Waals surface area contributed by atoms with Crippen LogP contribution in [-0.4, -0.2) is 20.1 Å². The van der Waals surface area contributed by atoms with Crippen molar-refractivity contribution in [3.63, 3.8) is 0 Å². The lowest BCUT2D eigenvalue weighted by molar-refractivity contribution is -0.115. The first kappa shape index (κ1) is 15.3. The number of hydrogen-bond donors (Lipinski definition) is 1. The fraction of sp³-hybridized carbons (Fsp3) is 0.188. The van der Waals surface area contributed by atoms with Crippen LogP contribution in [0.1, 0.15) is 12.5 Å². The highest BCUT2D eigenvalue weighted by Gasteiger charge is 2.11. The Morgan fingerprint density at radius 1 is 1.00 bits per heavy atom. The summed E-state index contributed by atoms with van der Waals surface area (Å²) < 4.78 is 23.4. The average Bonchev–Trinajstić information content (AvgIpc) is 2.48. The van der Waals surface area contributed by atoms with E-state index in [9.17, 15) is 13.2 Å². The summed E-state index contributed by atoms with van der Waals surface area (Å²) >= 11 is 0. The van der Waals surface area contributed by atoms with Crippen LogP contribution in [0.4, 0.5) is 5.69 Å². The first-order valence-corrected chi connectivity index (χ1v) is 8.33. The molecule has 0 spiro atoms. The zero-order valence-corrected chi connectivity index (χ0v) is 12.6. The van der Waals surface area contributed by atoms with Crippen LogP contribution in [0.3, 0.4) is 0 Å². The van der Waals surface area contributed by atoms with Crippen LogP contribution in [0.5, 0.6) is 0 Å². The Morgan fingerprint density at radius 3 is 2.19 bits per heavy atom. The number of amides is 1. The maximum absolute atomic E-state index is 11.9. The van der Waals surface area contributed by atoms with E-state index in [1.165, 1.54) is 0 Å². The molecule has 0 atom stereocenters. The number of benzene rings is 2.